The SMILES string of the molecule is CCCCC(=O)NC(CC)C1=C(C)C=C(c2noc(C(F)(F)F)n2)S1=O. The number of carbonyl (C=O) groups excluding carboxylic acids is 1. The third-order valence-corrected chi connectivity index (χ3v) is 5.55. The zero-order valence-electron chi connectivity index (χ0n) is 14.6. The third-order valence-electron chi connectivity index (χ3n) is 3.84. The van der Waals surface area contributed by atoms with Gasteiger partial charge in [0.1, 0.15) is 0 Å². The van der Waals surface area contributed by atoms with E-state index in [-0.39, 0.29) is 16.6 Å². The van der Waals surface area contributed by atoms with Gasteiger partial charge in [0.25, 0.3) is 0 Å². The Bertz CT molecular complexity index is 768. The van der Waals surface area contributed by atoms with E-state index in [1.165, 1.54) is 6.08 Å². The van der Waals surface area contributed by atoms with Crippen LogP contribution in [0.5, 0.6) is 0 Å². The standard InChI is InChI=1S/C16H20F3N3O3S/c1-4-6-7-12(23)20-10(5-2)13-9(3)8-11(26(13)24)14-21-15(25-22-14)16(17,18)19/h8,10H,4-7H2,1-3H3,(H,20,23). The summed E-state index contributed by atoms with van der Waals surface area (Å²) in [5.74, 6) is -2.00. The Morgan fingerprint density at radius 3 is 2.62 bits per heavy atom. The van der Waals surface area contributed by atoms with E-state index in [1.807, 2.05) is 13.8 Å². The van der Waals surface area contributed by atoms with Gasteiger partial charge in [0.2, 0.25) is 11.7 Å². The van der Waals surface area contributed by atoms with Gasteiger partial charge in [-0.3, -0.25) is 4.79 Å². The lowest BCUT2D eigenvalue weighted by Crippen LogP contribution is -2.36. The van der Waals surface area contributed by atoms with Crippen LogP contribution in [-0.2, 0) is 21.8 Å². The maximum absolute atomic E-state index is 12.8. The van der Waals surface area contributed by atoms with Crippen molar-refractivity contribution < 1.29 is 26.7 Å². The van der Waals surface area contributed by atoms with Gasteiger partial charge < -0.3 is 9.84 Å². The monoisotopic (exact) mass is 391 g/mol. The summed E-state index contributed by atoms with van der Waals surface area (Å²) in [6, 6.07) is -0.470. The quantitative estimate of drug-likeness (QED) is 0.768. The molecule has 0 saturated carbocycles. The topological polar surface area (TPSA) is 85.1 Å². The first kappa shape index (κ1) is 20.3. The lowest BCUT2D eigenvalue weighted by Gasteiger charge is -2.19. The zero-order valence-corrected chi connectivity index (χ0v) is 15.5. The number of nitrogens with zero attached hydrogens (tertiary/aromatic N) is 2. The number of allylic oxidation sites excluding steroid dienone is 2. The average Bonchev–Trinajstić information content (AvgIpc) is 3.16. The predicted molar refractivity (Wildman–Crippen MR) is 89.9 cm³/mol. The fraction of sp³-hybridized carbons (Fsp3) is 0.562. The van der Waals surface area contributed by atoms with E-state index in [9.17, 15) is 22.2 Å². The van der Waals surface area contributed by atoms with Crippen LogP contribution in [0.25, 0.3) is 4.91 Å². The van der Waals surface area contributed by atoms with E-state index in [0.717, 1.165) is 12.8 Å². The van der Waals surface area contributed by atoms with Crippen LogP contribution in [0.15, 0.2) is 21.1 Å². The second-order valence-electron chi connectivity index (χ2n) is 5.88. The van der Waals surface area contributed by atoms with Crippen LogP contribution in [0.3, 0.4) is 0 Å². The number of carbonyl (C=O) groups is 1. The van der Waals surface area contributed by atoms with Crippen LogP contribution in [0, 0.1) is 0 Å². The molecule has 2 rings (SSSR count). The van der Waals surface area contributed by atoms with Crippen molar-refractivity contribution >= 4 is 21.6 Å². The maximum Gasteiger partial charge on any atom is 0.471 e. The fourth-order valence-electron chi connectivity index (χ4n) is 2.53. The van der Waals surface area contributed by atoms with E-state index in [1.54, 1.807) is 6.92 Å². The molecule has 6 nitrogen and oxygen atoms in total. The van der Waals surface area contributed by atoms with Gasteiger partial charge in [-0.1, -0.05) is 25.4 Å². The van der Waals surface area contributed by atoms with Crippen molar-refractivity contribution in [1.82, 2.24) is 15.5 Å². The number of rotatable bonds is 7. The predicted octanol–water partition coefficient (Wildman–Crippen LogP) is 3.55. The molecule has 1 aliphatic rings. The highest BCUT2D eigenvalue weighted by molar-refractivity contribution is 7.98. The molecular formula is C16H20F3N3O3S. The minimum Gasteiger partial charge on any atom is -0.349 e. The van der Waals surface area contributed by atoms with Crippen molar-refractivity contribution in [2.24, 2.45) is 0 Å². The number of aromatic nitrogens is 2. The Kier molecular flexibility index (Phi) is 6.38. The van der Waals surface area contributed by atoms with Crippen LogP contribution < -0.4 is 5.32 Å². The fourth-order valence-corrected chi connectivity index (χ4v) is 4.14. The number of halogens is 3. The minimum absolute atomic E-state index is 0.0398. The van der Waals surface area contributed by atoms with E-state index in [4.69, 9.17) is 0 Å². The molecule has 1 aliphatic heterocycles. The number of amides is 1. The molecule has 0 spiro atoms. The number of hydrogen-bond donors (Lipinski definition) is 1. The summed E-state index contributed by atoms with van der Waals surface area (Å²) in [5.41, 5.74) is 0.610. The Balaban J connectivity index is 2.18. The smallest absolute Gasteiger partial charge is 0.349 e. The van der Waals surface area contributed by atoms with Crippen LogP contribution in [0.1, 0.15) is 58.2 Å². The summed E-state index contributed by atoms with van der Waals surface area (Å²) in [6.45, 7) is 5.49. The van der Waals surface area contributed by atoms with Gasteiger partial charge in [0.05, 0.1) is 21.7 Å². The van der Waals surface area contributed by atoms with E-state index < -0.39 is 28.9 Å². The molecule has 2 unspecified atom stereocenters. The first-order valence-electron chi connectivity index (χ1n) is 8.23. The molecule has 10 heteroatoms. The number of hydrogen-bond acceptors (Lipinski definition) is 5. The summed E-state index contributed by atoms with van der Waals surface area (Å²) in [4.78, 5) is 15.8. The summed E-state index contributed by atoms with van der Waals surface area (Å²) < 4.78 is 54.9. The first-order chi connectivity index (χ1) is 12.2. The lowest BCUT2D eigenvalue weighted by molar-refractivity contribution is -0.159. The molecule has 0 radical (unpaired) electrons. The molecular weight excluding hydrogens is 371 g/mol. The second-order valence-corrected chi connectivity index (χ2v) is 7.29. The molecule has 26 heavy (non-hydrogen) atoms. The number of nitrogens with one attached hydrogen (secondary N) is 1. The van der Waals surface area contributed by atoms with E-state index >= 15 is 0 Å². The summed E-state index contributed by atoms with van der Waals surface area (Å²) >= 11 is 0. The molecule has 2 heterocycles. The molecule has 2 atom stereocenters. The van der Waals surface area contributed by atoms with Gasteiger partial charge in [-0.2, -0.15) is 18.2 Å². The highest BCUT2D eigenvalue weighted by Crippen LogP contribution is 2.36. The van der Waals surface area contributed by atoms with Gasteiger partial charge in [-0.25, -0.2) is 4.21 Å². The van der Waals surface area contributed by atoms with Gasteiger partial charge in [0, 0.05) is 11.3 Å². The molecule has 144 valence electrons. The number of alkyl halides is 3. The van der Waals surface area contributed by atoms with Crippen molar-refractivity contribution in [2.75, 3.05) is 0 Å². The molecule has 1 N–H and O–H groups in total. The highest BCUT2D eigenvalue weighted by atomic mass is 32.2. The maximum atomic E-state index is 12.8. The van der Waals surface area contributed by atoms with Crippen LogP contribution in [0.4, 0.5) is 13.2 Å². The van der Waals surface area contributed by atoms with Gasteiger partial charge >= 0.3 is 12.1 Å². The molecule has 1 aromatic rings. The van der Waals surface area contributed by atoms with E-state index in [0.29, 0.717) is 23.3 Å². The Morgan fingerprint density at radius 1 is 1.38 bits per heavy atom. The van der Waals surface area contributed by atoms with E-state index in [2.05, 4.69) is 20.0 Å². The Hall–Kier alpha value is -1.97. The normalized spacial score (nSPS) is 18.8. The first-order valence-corrected chi connectivity index (χ1v) is 9.38. The van der Waals surface area contributed by atoms with Crippen molar-refractivity contribution in [3.8, 4) is 0 Å². The van der Waals surface area contributed by atoms with Crippen LogP contribution in [0.2, 0.25) is 0 Å². The molecule has 0 aromatic carbocycles. The van der Waals surface area contributed by atoms with Gasteiger partial charge in [-0.05, 0) is 31.4 Å². The largest absolute Gasteiger partial charge is 0.471 e. The van der Waals surface area contributed by atoms with Crippen molar-refractivity contribution in [1.29, 1.82) is 0 Å². The van der Waals surface area contributed by atoms with Crippen LogP contribution in [-0.4, -0.2) is 26.3 Å². The molecule has 1 amide bonds. The van der Waals surface area contributed by atoms with Crippen molar-refractivity contribution in [2.45, 2.75) is 58.7 Å². The molecule has 0 bridgehead atoms. The highest BCUT2D eigenvalue weighted by Gasteiger charge is 2.40. The number of unbranched alkanes of at least 4 members (excludes halogenated alkanes) is 1. The molecule has 1 aromatic heterocycles. The Morgan fingerprint density at radius 2 is 2.08 bits per heavy atom. The Labute approximate surface area is 151 Å². The average molecular weight is 391 g/mol. The van der Waals surface area contributed by atoms with Gasteiger partial charge in [-0.15, -0.1) is 0 Å². The minimum atomic E-state index is -4.77. The summed E-state index contributed by atoms with van der Waals surface area (Å²) in [5, 5.41) is 6.13. The molecule has 0 saturated heterocycles. The van der Waals surface area contributed by atoms with Crippen molar-refractivity contribution in [3.63, 3.8) is 0 Å². The third kappa shape index (κ3) is 4.40. The summed E-state index contributed by atoms with van der Waals surface area (Å²) in [6.07, 6.45) is -0.809. The van der Waals surface area contributed by atoms with Crippen LogP contribution >= 0.6 is 0 Å². The van der Waals surface area contributed by atoms with Gasteiger partial charge in [0.15, 0.2) is 0 Å². The molecule has 0 fully saturated rings. The second kappa shape index (κ2) is 8.15. The lowest BCUT2D eigenvalue weighted by atomic mass is 10.1. The van der Waals surface area contributed by atoms with Crippen molar-refractivity contribution in [3.05, 3.63) is 28.3 Å². The zero-order chi connectivity index (χ0) is 19.5. The molecule has 0 aliphatic carbocycles. The summed E-state index contributed by atoms with van der Waals surface area (Å²) in [7, 11) is -1.77.